The lowest BCUT2D eigenvalue weighted by molar-refractivity contribution is 0.102. The van der Waals surface area contributed by atoms with Crippen LogP contribution in [0.3, 0.4) is 0 Å². The third-order valence-electron chi connectivity index (χ3n) is 6.64. The molecule has 4 N–H and O–H groups in total. The first-order valence-corrected chi connectivity index (χ1v) is 12.3. The second-order valence-corrected chi connectivity index (χ2v) is 9.20. The second-order valence-electron chi connectivity index (χ2n) is 9.20. The normalized spacial score (nSPS) is 11.6. The van der Waals surface area contributed by atoms with E-state index in [0.717, 1.165) is 17.8 Å². The van der Waals surface area contributed by atoms with Crippen molar-refractivity contribution < 1.29 is 15.0 Å². The van der Waals surface area contributed by atoms with Crippen molar-refractivity contribution >= 4 is 28.5 Å². The molecular formula is C32H32N2O3. The van der Waals surface area contributed by atoms with Gasteiger partial charge in [0.15, 0.2) is 0 Å². The molecule has 0 heterocycles. The van der Waals surface area contributed by atoms with Gasteiger partial charge in [-0.3, -0.25) is 4.79 Å². The Morgan fingerprint density at radius 2 is 1.46 bits per heavy atom. The van der Waals surface area contributed by atoms with E-state index in [4.69, 9.17) is 0 Å². The van der Waals surface area contributed by atoms with Crippen molar-refractivity contribution in [2.45, 2.75) is 34.1 Å². The maximum atomic E-state index is 13.0. The average Bonchev–Trinajstić information content (AvgIpc) is 2.89. The molecule has 0 atom stereocenters. The van der Waals surface area contributed by atoms with Gasteiger partial charge in [0.25, 0.3) is 5.91 Å². The molecule has 0 aliphatic rings. The van der Waals surface area contributed by atoms with E-state index in [1.165, 1.54) is 34.4 Å². The third-order valence-corrected chi connectivity index (χ3v) is 6.64. The summed E-state index contributed by atoms with van der Waals surface area (Å²) in [6.45, 7) is 8.58. The number of hydrogen-bond acceptors (Lipinski definition) is 4. The van der Waals surface area contributed by atoms with E-state index in [1.54, 1.807) is 24.3 Å². The molecule has 5 nitrogen and oxygen atoms in total. The number of carbonyl (C=O) groups excluding carboxylic acids is 1. The number of aromatic hydroxyl groups is 2. The highest BCUT2D eigenvalue weighted by atomic mass is 16.3. The fourth-order valence-electron chi connectivity index (χ4n) is 4.29. The summed E-state index contributed by atoms with van der Waals surface area (Å²) in [5, 5.41) is 27.2. The number of hydrogen-bond donors (Lipinski definition) is 4. The SMILES string of the molecule is CC/C(C)=C(/C)c1cc(Nc2cccc(C(=O)Nc3cc(O)c(-c4ccccc4)c(O)c3)c2)ccc1C. The van der Waals surface area contributed by atoms with Crippen molar-refractivity contribution in [1.29, 1.82) is 0 Å². The number of carbonyl (C=O) groups is 1. The predicted molar refractivity (Wildman–Crippen MR) is 153 cm³/mol. The van der Waals surface area contributed by atoms with E-state index in [1.807, 2.05) is 36.4 Å². The molecule has 37 heavy (non-hydrogen) atoms. The Morgan fingerprint density at radius 3 is 2.14 bits per heavy atom. The van der Waals surface area contributed by atoms with E-state index < -0.39 is 0 Å². The number of rotatable bonds is 7. The van der Waals surface area contributed by atoms with E-state index in [-0.39, 0.29) is 17.4 Å². The van der Waals surface area contributed by atoms with Gasteiger partial charge < -0.3 is 20.8 Å². The molecule has 4 rings (SSSR count). The summed E-state index contributed by atoms with van der Waals surface area (Å²) >= 11 is 0. The van der Waals surface area contributed by atoms with Crippen LogP contribution >= 0.6 is 0 Å². The summed E-state index contributed by atoms with van der Waals surface area (Å²) in [6, 6.07) is 25.4. The summed E-state index contributed by atoms with van der Waals surface area (Å²) in [4.78, 5) is 13.0. The average molecular weight is 493 g/mol. The van der Waals surface area contributed by atoms with Gasteiger partial charge in [-0.2, -0.15) is 0 Å². The molecule has 0 radical (unpaired) electrons. The monoisotopic (exact) mass is 492 g/mol. The lowest BCUT2D eigenvalue weighted by Gasteiger charge is -2.14. The number of phenolic OH excluding ortho intramolecular Hbond substituents is 2. The maximum Gasteiger partial charge on any atom is 0.255 e. The number of allylic oxidation sites excluding steroid dienone is 2. The molecule has 4 aromatic rings. The molecule has 0 aliphatic heterocycles. The first-order chi connectivity index (χ1) is 17.8. The van der Waals surface area contributed by atoms with Gasteiger partial charge >= 0.3 is 0 Å². The van der Waals surface area contributed by atoms with Gasteiger partial charge in [-0.05, 0) is 79.8 Å². The van der Waals surface area contributed by atoms with Gasteiger partial charge in [-0.15, -0.1) is 0 Å². The van der Waals surface area contributed by atoms with Crippen LogP contribution < -0.4 is 10.6 Å². The maximum absolute atomic E-state index is 13.0. The molecule has 1 amide bonds. The highest BCUT2D eigenvalue weighted by Gasteiger charge is 2.14. The van der Waals surface area contributed by atoms with Crippen molar-refractivity contribution in [1.82, 2.24) is 0 Å². The Balaban J connectivity index is 1.53. The molecular weight excluding hydrogens is 460 g/mol. The number of anilines is 3. The van der Waals surface area contributed by atoms with Crippen molar-refractivity contribution in [2.75, 3.05) is 10.6 Å². The van der Waals surface area contributed by atoms with Crippen LogP contribution in [-0.4, -0.2) is 16.1 Å². The van der Waals surface area contributed by atoms with Crippen LogP contribution in [0.15, 0.2) is 90.5 Å². The summed E-state index contributed by atoms with van der Waals surface area (Å²) < 4.78 is 0. The Labute approximate surface area is 218 Å². The van der Waals surface area contributed by atoms with Crippen molar-refractivity contribution in [3.8, 4) is 22.6 Å². The summed E-state index contributed by atoms with van der Waals surface area (Å²) in [6.07, 6.45) is 1.00. The highest BCUT2D eigenvalue weighted by Crippen LogP contribution is 2.39. The first kappa shape index (κ1) is 25.6. The first-order valence-electron chi connectivity index (χ1n) is 12.3. The zero-order valence-electron chi connectivity index (χ0n) is 21.6. The van der Waals surface area contributed by atoms with Gasteiger partial charge in [0.1, 0.15) is 11.5 Å². The van der Waals surface area contributed by atoms with Crippen LogP contribution in [0.2, 0.25) is 0 Å². The Hall–Kier alpha value is -4.51. The van der Waals surface area contributed by atoms with Gasteiger partial charge in [-0.1, -0.05) is 55.0 Å². The molecule has 5 heteroatoms. The summed E-state index contributed by atoms with van der Waals surface area (Å²) in [5.74, 6) is -0.582. The summed E-state index contributed by atoms with van der Waals surface area (Å²) in [7, 11) is 0. The van der Waals surface area contributed by atoms with E-state index in [0.29, 0.717) is 22.4 Å². The largest absolute Gasteiger partial charge is 0.507 e. The molecule has 188 valence electrons. The fraction of sp³-hybridized carbons (Fsp3) is 0.156. The van der Waals surface area contributed by atoms with E-state index in [9.17, 15) is 15.0 Å². The molecule has 0 bridgehead atoms. The quantitative estimate of drug-likeness (QED) is 0.209. The van der Waals surface area contributed by atoms with Crippen LogP contribution in [0.25, 0.3) is 16.7 Å². The van der Waals surface area contributed by atoms with Crippen LogP contribution in [0.1, 0.15) is 48.7 Å². The van der Waals surface area contributed by atoms with Crippen LogP contribution in [-0.2, 0) is 0 Å². The van der Waals surface area contributed by atoms with Crippen molar-refractivity contribution in [3.63, 3.8) is 0 Å². The Bertz CT molecular complexity index is 1450. The summed E-state index contributed by atoms with van der Waals surface area (Å²) in [5.41, 5.74) is 8.52. The molecule has 0 saturated heterocycles. The molecule has 0 unspecified atom stereocenters. The standard InChI is InChI=1S/C32H32N2O3/c1-5-20(2)22(4)28-17-26(15-14-21(28)3)33-25-13-9-12-24(16-25)32(37)34-27-18-29(35)31(30(36)19-27)23-10-7-6-8-11-23/h6-19,33,35-36H,5H2,1-4H3,(H,34,37)/b22-20-. The van der Waals surface area contributed by atoms with Crippen LogP contribution in [0.4, 0.5) is 17.1 Å². The third kappa shape index (κ3) is 5.84. The predicted octanol–water partition coefficient (Wildman–Crippen LogP) is 8.27. The van der Waals surface area contributed by atoms with Crippen molar-refractivity contribution in [3.05, 3.63) is 107 Å². The number of aryl methyl sites for hydroxylation is 1. The van der Waals surface area contributed by atoms with Gasteiger partial charge in [0.2, 0.25) is 0 Å². The minimum atomic E-state index is -0.350. The van der Waals surface area contributed by atoms with Crippen LogP contribution in [0.5, 0.6) is 11.5 Å². The minimum Gasteiger partial charge on any atom is -0.507 e. The van der Waals surface area contributed by atoms with Gasteiger partial charge in [0, 0.05) is 34.8 Å². The van der Waals surface area contributed by atoms with E-state index in [2.05, 4.69) is 50.5 Å². The van der Waals surface area contributed by atoms with Gasteiger partial charge in [0.05, 0.1) is 5.56 Å². The molecule has 0 fully saturated rings. The smallest absolute Gasteiger partial charge is 0.255 e. The zero-order valence-corrected chi connectivity index (χ0v) is 21.6. The fourth-order valence-corrected chi connectivity index (χ4v) is 4.29. The second kappa shape index (κ2) is 11.0. The van der Waals surface area contributed by atoms with E-state index >= 15 is 0 Å². The number of phenols is 2. The molecule has 4 aromatic carbocycles. The Kier molecular flexibility index (Phi) is 7.63. The highest BCUT2D eigenvalue weighted by molar-refractivity contribution is 6.05. The molecule has 0 aliphatic carbocycles. The zero-order chi connectivity index (χ0) is 26.5. The topological polar surface area (TPSA) is 81.6 Å². The van der Waals surface area contributed by atoms with Gasteiger partial charge in [-0.25, -0.2) is 0 Å². The lowest BCUT2D eigenvalue weighted by Crippen LogP contribution is -2.12. The Morgan fingerprint density at radius 1 is 0.784 bits per heavy atom. The minimum absolute atomic E-state index is 0.116. The van der Waals surface area contributed by atoms with Crippen LogP contribution in [0, 0.1) is 6.92 Å². The lowest BCUT2D eigenvalue weighted by atomic mass is 9.96. The number of benzene rings is 4. The molecule has 0 spiro atoms. The van der Waals surface area contributed by atoms with Crippen molar-refractivity contribution in [2.24, 2.45) is 0 Å². The number of amides is 1. The molecule has 0 aromatic heterocycles. The number of nitrogens with one attached hydrogen (secondary N) is 2. The molecule has 0 saturated carbocycles.